The minimum Gasteiger partial charge on any atom is -0.457 e. The zero-order chi connectivity index (χ0) is 14.6. The van der Waals surface area contributed by atoms with Gasteiger partial charge in [0.05, 0.1) is 11.1 Å². The van der Waals surface area contributed by atoms with Crippen LogP contribution in [0.25, 0.3) is 0 Å². The molecule has 0 bridgehead atoms. The van der Waals surface area contributed by atoms with E-state index in [0.717, 1.165) is 17.7 Å². The standard InChI is InChI=1S/C15H11F3O2/c16-15(17,18)13-8-4-7-12(9-13)14(19)20-10-11-5-2-1-3-6-11/h1-9H,10H2. The van der Waals surface area contributed by atoms with Gasteiger partial charge in [-0.25, -0.2) is 4.79 Å². The minimum absolute atomic E-state index is 0.0237. The summed E-state index contributed by atoms with van der Waals surface area (Å²) in [5.41, 5.74) is -0.213. The molecule has 2 aromatic rings. The van der Waals surface area contributed by atoms with Crippen LogP contribution in [0.5, 0.6) is 0 Å². The maximum atomic E-state index is 12.5. The SMILES string of the molecule is O=C(OCc1ccccc1)c1cccc(C(F)(F)F)c1. The number of carbonyl (C=O) groups excluding carboxylic acids is 1. The average molecular weight is 280 g/mol. The second-order valence-corrected chi connectivity index (χ2v) is 4.14. The van der Waals surface area contributed by atoms with E-state index in [-0.39, 0.29) is 12.2 Å². The number of carbonyl (C=O) groups is 1. The lowest BCUT2D eigenvalue weighted by Gasteiger charge is -2.09. The van der Waals surface area contributed by atoms with E-state index in [4.69, 9.17) is 4.74 Å². The van der Waals surface area contributed by atoms with Gasteiger partial charge in [0.2, 0.25) is 0 Å². The first-order chi connectivity index (χ1) is 9.47. The number of hydrogen-bond donors (Lipinski definition) is 0. The van der Waals surface area contributed by atoms with Crippen molar-refractivity contribution in [2.45, 2.75) is 12.8 Å². The van der Waals surface area contributed by atoms with Gasteiger partial charge in [0.15, 0.2) is 0 Å². The largest absolute Gasteiger partial charge is 0.457 e. The Hall–Kier alpha value is -2.30. The third-order valence-electron chi connectivity index (χ3n) is 2.64. The minimum atomic E-state index is -4.48. The van der Waals surface area contributed by atoms with Gasteiger partial charge in [0.1, 0.15) is 6.61 Å². The van der Waals surface area contributed by atoms with Gasteiger partial charge in [0.25, 0.3) is 0 Å². The van der Waals surface area contributed by atoms with Gasteiger partial charge in [-0.1, -0.05) is 36.4 Å². The van der Waals surface area contributed by atoms with E-state index in [9.17, 15) is 18.0 Å². The predicted molar refractivity (Wildman–Crippen MR) is 67.0 cm³/mol. The monoisotopic (exact) mass is 280 g/mol. The molecule has 0 aliphatic heterocycles. The van der Waals surface area contributed by atoms with Crippen LogP contribution < -0.4 is 0 Å². The Bertz CT molecular complexity index is 592. The number of ether oxygens (including phenoxy) is 1. The molecule has 20 heavy (non-hydrogen) atoms. The molecule has 0 aliphatic carbocycles. The smallest absolute Gasteiger partial charge is 0.416 e. The Morgan fingerprint density at radius 1 is 1.00 bits per heavy atom. The lowest BCUT2D eigenvalue weighted by molar-refractivity contribution is -0.137. The maximum Gasteiger partial charge on any atom is 0.416 e. The first kappa shape index (κ1) is 14.1. The van der Waals surface area contributed by atoms with E-state index < -0.39 is 17.7 Å². The molecule has 0 saturated heterocycles. The molecule has 0 heterocycles. The van der Waals surface area contributed by atoms with Crippen molar-refractivity contribution >= 4 is 5.97 Å². The molecule has 104 valence electrons. The van der Waals surface area contributed by atoms with Gasteiger partial charge in [-0.05, 0) is 23.8 Å². The Balaban J connectivity index is 2.06. The van der Waals surface area contributed by atoms with Crippen LogP contribution in [0.1, 0.15) is 21.5 Å². The Labute approximate surface area is 113 Å². The maximum absolute atomic E-state index is 12.5. The zero-order valence-corrected chi connectivity index (χ0v) is 10.4. The quantitative estimate of drug-likeness (QED) is 0.792. The highest BCUT2D eigenvalue weighted by atomic mass is 19.4. The Morgan fingerprint density at radius 2 is 1.70 bits per heavy atom. The number of esters is 1. The van der Waals surface area contributed by atoms with Crippen molar-refractivity contribution in [2.75, 3.05) is 0 Å². The van der Waals surface area contributed by atoms with E-state index >= 15 is 0 Å². The second-order valence-electron chi connectivity index (χ2n) is 4.14. The van der Waals surface area contributed by atoms with Crippen molar-refractivity contribution in [3.63, 3.8) is 0 Å². The molecule has 0 fully saturated rings. The molecule has 0 aliphatic rings. The number of halogens is 3. The van der Waals surface area contributed by atoms with E-state index in [1.165, 1.54) is 12.1 Å². The number of benzene rings is 2. The number of hydrogen-bond acceptors (Lipinski definition) is 2. The Morgan fingerprint density at radius 3 is 2.35 bits per heavy atom. The second kappa shape index (κ2) is 5.77. The molecule has 0 saturated carbocycles. The molecule has 2 rings (SSSR count). The molecule has 0 atom stereocenters. The molecular formula is C15H11F3O2. The van der Waals surface area contributed by atoms with Gasteiger partial charge in [-0.15, -0.1) is 0 Å². The van der Waals surface area contributed by atoms with E-state index in [0.29, 0.717) is 0 Å². The fourth-order valence-corrected chi connectivity index (χ4v) is 1.63. The van der Waals surface area contributed by atoms with Crippen molar-refractivity contribution in [3.05, 3.63) is 71.3 Å². The Kier molecular flexibility index (Phi) is 4.08. The molecular weight excluding hydrogens is 269 g/mol. The third-order valence-corrected chi connectivity index (χ3v) is 2.64. The summed E-state index contributed by atoms with van der Waals surface area (Å²) in [5.74, 6) is -0.778. The van der Waals surface area contributed by atoms with Crippen molar-refractivity contribution < 1.29 is 22.7 Å². The van der Waals surface area contributed by atoms with Crippen LogP contribution in [-0.4, -0.2) is 5.97 Å². The predicted octanol–water partition coefficient (Wildman–Crippen LogP) is 4.06. The van der Waals surface area contributed by atoms with E-state index in [2.05, 4.69) is 0 Å². The first-order valence-electron chi connectivity index (χ1n) is 5.85. The molecule has 2 nitrogen and oxygen atoms in total. The molecule has 0 radical (unpaired) electrons. The normalized spacial score (nSPS) is 11.2. The summed E-state index contributed by atoms with van der Waals surface area (Å²) in [6.07, 6.45) is -4.48. The fraction of sp³-hybridized carbons (Fsp3) is 0.133. The molecule has 0 unspecified atom stereocenters. The number of rotatable bonds is 3. The lowest BCUT2D eigenvalue weighted by Crippen LogP contribution is -2.09. The molecule has 0 N–H and O–H groups in total. The summed E-state index contributed by atoms with van der Waals surface area (Å²) >= 11 is 0. The first-order valence-corrected chi connectivity index (χ1v) is 5.85. The highest BCUT2D eigenvalue weighted by molar-refractivity contribution is 5.89. The van der Waals surface area contributed by atoms with Gasteiger partial charge >= 0.3 is 12.1 Å². The van der Waals surface area contributed by atoms with Gasteiger partial charge < -0.3 is 4.74 Å². The van der Waals surface area contributed by atoms with E-state index in [1.807, 2.05) is 6.07 Å². The van der Waals surface area contributed by atoms with Crippen LogP contribution in [0.15, 0.2) is 54.6 Å². The van der Waals surface area contributed by atoms with Crippen LogP contribution in [0, 0.1) is 0 Å². The van der Waals surface area contributed by atoms with Gasteiger partial charge in [-0.2, -0.15) is 13.2 Å². The molecule has 2 aromatic carbocycles. The molecule has 0 aromatic heterocycles. The van der Waals surface area contributed by atoms with Crippen LogP contribution in [-0.2, 0) is 17.5 Å². The van der Waals surface area contributed by atoms with Crippen molar-refractivity contribution in [3.8, 4) is 0 Å². The van der Waals surface area contributed by atoms with E-state index in [1.54, 1.807) is 24.3 Å². The van der Waals surface area contributed by atoms with Crippen LogP contribution in [0.2, 0.25) is 0 Å². The molecule has 0 spiro atoms. The summed E-state index contributed by atoms with van der Waals surface area (Å²) < 4.78 is 42.6. The van der Waals surface area contributed by atoms with Crippen LogP contribution >= 0.6 is 0 Å². The van der Waals surface area contributed by atoms with Crippen LogP contribution in [0.4, 0.5) is 13.2 Å². The highest BCUT2D eigenvalue weighted by Gasteiger charge is 2.31. The third kappa shape index (κ3) is 3.60. The molecule has 5 heteroatoms. The summed E-state index contributed by atoms with van der Waals surface area (Å²) in [6.45, 7) is 0.0237. The average Bonchev–Trinajstić information content (AvgIpc) is 2.45. The summed E-state index contributed by atoms with van der Waals surface area (Å²) in [7, 11) is 0. The molecule has 0 amide bonds. The zero-order valence-electron chi connectivity index (χ0n) is 10.4. The van der Waals surface area contributed by atoms with Crippen LogP contribution in [0.3, 0.4) is 0 Å². The van der Waals surface area contributed by atoms with Crippen molar-refractivity contribution in [2.24, 2.45) is 0 Å². The lowest BCUT2D eigenvalue weighted by atomic mass is 10.1. The summed E-state index contributed by atoms with van der Waals surface area (Å²) in [4.78, 5) is 11.7. The topological polar surface area (TPSA) is 26.3 Å². The van der Waals surface area contributed by atoms with Gasteiger partial charge in [0, 0.05) is 0 Å². The summed E-state index contributed by atoms with van der Waals surface area (Å²) in [5, 5.41) is 0. The van der Waals surface area contributed by atoms with Gasteiger partial charge in [-0.3, -0.25) is 0 Å². The number of alkyl halides is 3. The summed E-state index contributed by atoms with van der Waals surface area (Å²) in [6, 6.07) is 13.1. The van der Waals surface area contributed by atoms with Crippen molar-refractivity contribution in [1.29, 1.82) is 0 Å². The highest BCUT2D eigenvalue weighted by Crippen LogP contribution is 2.29. The fourth-order valence-electron chi connectivity index (χ4n) is 1.63. The van der Waals surface area contributed by atoms with Crippen molar-refractivity contribution in [1.82, 2.24) is 0 Å².